The molecule has 0 spiro atoms. The molecule has 0 radical (unpaired) electrons. The van der Waals surface area contributed by atoms with Gasteiger partial charge in [0.2, 0.25) is 5.72 Å². The average molecular weight is 630 g/mol. The molecule has 2 aromatic carbocycles. The second-order valence-corrected chi connectivity index (χ2v) is 11.9. The maximum atomic E-state index is 15.7. The van der Waals surface area contributed by atoms with E-state index in [0.717, 1.165) is 16.3 Å². The zero-order chi connectivity index (χ0) is 31.6. The van der Waals surface area contributed by atoms with Crippen LogP contribution < -0.4 is 15.3 Å². The summed E-state index contributed by atoms with van der Waals surface area (Å²) in [7, 11) is -4.59. The third kappa shape index (κ3) is 6.01. The largest absolute Gasteiger partial charge is 0.462 e. The van der Waals surface area contributed by atoms with Crippen LogP contribution in [0.1, 0.15) is 27.0 Å². The number of carbonyl (C=O) groups excluding carboxylic acids is 1. The number of benzene rings is 2. The molecule has 4 aromatic rings. The highest BCUT2D eigenvalue weighted by molar-refractivity contribution is 7.52. The Balaban J connectivity index is 1.47. The number of anilines is 1. The first-order chi connectivity index (χ1) is 21.0. The number of halogens is 1. The van der Waals surface area contributed by atoms with Crippen LogP contribution in [0.5, 0.6) is 5.75 Å². The zero-order valence-corrected chi connectivity index (χ0v) is 24.6. The van der Waals surface area contributed by atoms with Gasteiger partial charge in [-0.25, -0.2) is 23.9 Å². The topological polar surface area (TPSA) is 222 Å². The van der Waals surface area contributed by atoms with Gasteiger partial charge in [-0.1, -0.05) is 41.5 Å². The summed E-state index contributed by atoms with van der Waals surface area (Å²) < 4.78 is 53.6. The van der Waals surface area contributed by atoms with Gasteiger partial charge in [-0.15, -0.1) is 0 Å². The Morgan fingerprint density at radius 2 is 2.02 bits per heavy atom. The Morgan fingerprint density at radius 1 is 1.27 bits per heavy atom. The van der Waals surface area contributed by atoms with E-state index in [-0.39, 0.29) is 22.7 Å². The van der Waals surface area contributed by atoms with Gasteiger partial charge in [0.05, 0.1) is 19.0 Å². The quantitative estimate of drug-likeness (QED) is 0.0706. The number of aromatic nitrogens is 4. The second-order valence-electron chi connectivity index (χ2n) is 10.2. The van der Waals surface area contributed by atoms with Crippen molar-refractivity contribution in [2.45, 2.75) is 57.1 Å². The maximum absolute atomic E-state index is 15.7. The molecule has 3 heterocycles. The molecule has 4 N–H and O–H groups in total. The first-order valence-corrected chi connectivity index (χ1v) is 14.9. The van der Waals surface area contributed by atoms with Crippen molar-refractivity contribution in [3.63, 3.8) is 0 Å². The molecular formula is C26H29FN9O7P. The standard InChI is InChI=1S/C26H29FN9O7P/c1-14(2)41-25(38)15(3)33-44(39,43-18-10-6-8-16-7-4-5-9-17(16)18)40-11-26(34-35-29)21(37)19(27)24(42-26)36-13-32-20-22(28)30-12-31-23(20)36/h4-10,12-15,19,21,24,37H,11H2,1-3H3,(H,33,39)(H2,28,30,31)/t15-,19+,21-,24+,26+,44?/m0/s1. The predicted molar refractivity (Wildman–Crippen MR) is 155 cm³/mol. The molecule has 5 rings (SSSR count). The minimum absolute atomic E-state index is 0.0232. The summed E-state index contributed by atoms with van der Waals surface area (Å²) >= 11 is 0. The lowest BCUT2D eigenvalue weighted by Gasteiger charge is -2.29. The summed E-state index contributed by atoms with van der Waals surface area (Å²) in [5.41, 5.74) is 13.0. The Kier molecular flexibility index (Phi) is 8.70. The molecule has 2 aromatic heterocycles. The van der Waals surface area contributed by atoms with E-state index in [2.05, 4.69) is 30.1 Å². The Labute approximate surface area is 249 Å². The number of rotatable bonds is 11. The predicted octanol–water partition coefficient (Wildman–Crippen LogP) is 3.93. The van der Waals surface area contributed by atoms with Crippen molar-refractivity contribution in [2.24, 2.45) is 5.11 Å². The van der Waals surface area contributed by atoms with E-state index in [1.165, 1.54) is 19.3 Å². The van der Waals surface area contributed by atoms with Crippen molar-refractivity contribution < 1.29 is 37.4 Å². The highest BCUT2D eigenvalue weighted by atomic mass is 31.2. The van der Waals surface area contributed by atoms with E-state index in [0.29, 0.717) is 5.39 Å². The molecule has 232 valence electrons. The van der Waals surface area contributed by atoms with E-state index < -0.39 is 56.7 Å². The number of nitrogens with one attached hydrogen (secondary N) is 1. The lowest BCUT2D eigenvalue weighted by Crippen LogP contribution is -2.45. The highest BCUT2D eigenvalue weighted by Crippen LogP contribution is 2.50. The molecule has 1 unspecified atom stereocenters. The van der Waals surface area contributed by atoms with E-state index in [1.54, 1.807) is 38.1 Å². The fourth-order valence-electron chi connectivity index (χ4n) is 4.62. The average Bonchev–Trinajstić information content (AvgIpc) is 3.52. The van der Waals surface area contributed by atoms with Gasteiger partial charge in [0, 0.05) is 10.3 Å². The summed E-state index contributed by atoms with van der Waals surface area (Å²) in [5, 5.41) is 18.3. The third-order valence-electron chi connectivity index (χ3n) is 6.70. The third-order valence-corrected chi connectivity index (χ3v) is 8.31. The van der Waals surface area contributed by atoms with Crippen molar-refractivity contribution in [3.8, 4) is 5.75 Å². The van der Waals surface area contributed by atoms with Crippen LogP contribution in [0.25, 0.3) is 32.4 Å². The number of alkyl halides is 1. The Bertz CT molecular complexity index is 1780. The smallest absolute Gasteiger partial charge is 0.459 e. The van der Waals surface area contributed by atoms with Crippen LogP contribution in [0.3, 0.4) is 0 Å². The molecule has 6 atom stereocenters. The highest BCUT2D eigenvalue weighted by Gasteiger charge is 2.57. The molecular weight excluding hydrogens is 600 g/mol. The number of aliphatic hydroxyl groups is 1. The number of azide groups is 1. The SMILES string of the molecule is CC(C)OC(=O)[C@H](C)NP(=O)(OC[C@@]1(N=[N+]=[N-])O[C@@H](n2cnc3c(N)ncnc32)[C@H](F)[C@@H]1O)Oc1cccc2ccccc12. The van der Waals surface area contributed by atoms with Crippen molar-refractivity contribution in [1.29, 1.82) is 0 Å². The number of nitrogens with two attached hydrogens (primary N) is 1. The molecule has 0 bridgehead atoms. The molecule has 16 nitrogen and oxygen atoms in total. The number of hydrogen-bond donors (Lipinski definition) is 3. The van der Waals surface area contributed by atoms with Gasteiger partial charge in [-0.3, -0.25) is 13.9 Å². The molecule has 44 heavy (non-hydrogen) atoms. The van der Waals surface area contributed by atoms with Crippen molar-refractivity contribution in [2.75, 3.05) is 12.3 Å². The first kappa shape index (κ1) is 31.1. The van der Waals surface area contributed by atoms with Crippen LogP contribution in [0.4, 0.5) is 10.2 Å². The number of esters is 1. The van der Waals surface area contributed by atoms with E-state index in [4.69, 9.17) is 24.3 Å². The zero-order valence-electron chi connectivity index (χ0n) is 23.7. The Morgan fingerprint density at radius 3 is 2.77 bits per heavy atom. The number of fused-ring (bicyclic) bond motifs is 2. The second kappa shape index (κ2) is 12.3. The van der Waals surface area contributed by atoms with Crippen LogP contribution in [-0.2, 0) is 23.4 Å². The molecule has 0 amide bonds. The fourth-order valence-corrected chi connectivity index (χ4v) is 6.15. The van der Waals surface area contributed by atoms with Gasteiger partial charge in [-0.2, -0.15) is 5.09 Å². The van der Waals surface area contributed by atoms with Gasteiger partial charge in [-0.05, 0) is 37.8 Å². The monoisotopic (exact) mass is 629 g/mol. The number of imidazole rings is 1. The minimum atomic E-state index is -4.59. The van der Waals surface area contributed by atoms with Gasteiger partial charge in [0.15, 0.2) is 23.9 Å². The molecule has 1 aliphatic heterocycles. The summed E-state index contributed by atoms with van der Waals surface area (Å²) in [5.74, 6) is -0.614. The molecule has 1 saturated heterocycles. The fraction of sp³-hybridized carbons (Fsp3) is 0.385. The van der Waals surface area contributed by atoms with Crippen molar-refractivity contribution in [3.05, 3.63) is 65.6 Å². The van der Waals surface area contributed by atoms with Gasteiger partial charge in [0.1, 0.15) is 29.7 Å². The lowest BCUT2D eigenvalue weighted by atomic mass is 10.1. The van der Waals surface area contributed by atoms with Gasteiger partial charge < -0.3 is 24.8 Å². The molecule has 1 aliphatic rings. The number of aliphatic hydroxyl groups excluding tert-OH is 1. The maximum Gasteiger partial charge on any atom is 0.459 e. The van der Waals surface area contributed by atoms with Crippen LogP contribution in [0, 0.1) is 0 Å². The van der Waals surface area contributed by atoms with Crippen LogP contribution in [0.2, 0.25) is 0 Å². The summed E-state index contributed by atoms with van der Waals surface area (Å²) in [6.07, 6.45) is -4.11. The number of hydrogen-bond acceptors (Lipinski definition) is 12. The molecule has 0 aliphatic carbocycles. The Hall–Kier alpha value is -4.37. The van der Waals surface area contributed by atoms with Crippen LogP contribution in [0.15, 0.2) is 60.2 Å². The number of ether oxygens (including phenoxy) is 2. The first-order valence-electron chi connectivity index (χ1n) is 13.4. The summed E-state index contributed by atoms with van der Waals surface area (Å²) in [4.78, 5) is 27.3. The van der Waals surface area contributed by atoms with Crippen LogP contribution >= 0.6 is 7.75 Å². The van der Waals surface area contributed by atoms with Crippen molar-refractivity contribution in [1.82, 2.24) is 24.6 Å². The van der Waals surface area contributed by atoms with Crippen molar-refractivity contribution >= 4 is 41.5 Å². The molecule has 0 saturated carbocycles. The van der Waals surface area contributed by atoms with Crippen LogP contribution in [-0.4, -0.2) is 67.3 Å². The van der Waals surface area contributed by atoms with E-state index >= 15 is 4.39 Å². The summed E-state index contributed by atoms with van der Waals surface area (Å²) in [6.45, 7) is 3.69. The normalized spacial score (nSPS) is 23.7. The molecule has 1 fully saturated rings. The van der Waals surface area contributed by atoms with E-state index in [1.807, 2.05) is 12.1 Å². The number of nitrogen functional groups attached to an aromatic ring is 1. The van der Waals surface area contributed by atoms with E-state index in [9.17, 15) is 20.0 Å². The number of carbonyl (C=O) groups is 1. The number of nitrogens with zero attached hydrogens (tertiary/aromatic N) is 7. The molecule has 18 heteroatoms. The lowest BCUT2D eigenvalue weighted by molar-refractivity contribution is -0.149. The summed E-state index contributed by atoms with van der Waals surface area (Å²) in [6, 6.07) is 10.9. The van der Waals surface area contributed by atoms with Gasteiger partial charge >= 0.3 is 13.7 Å². The van der Waals surface area contributed by atoms with Gasteiger partial charge in [0.25, 0.3) is 0 Å². The minimum Gasteiger partial charge on any atom is -0.462 e.